The van der Waals surface area contributed by atoms with Gasteiger partial charge in [-0.2, -0.15) is 0 Å². The van der Waals surface area contributed by atoms with Crippen LogP contribution < -0.4 is 15.0 Å². The van der Waals surface area contributed by atoms with Crippen LogP contribution in [-0.2, 0) is 18.3 Å². The minimum atomic E-state index is -0.511. The molecule has 3 aromatic rings. The van der Waals surface area contributed by atoms with Gasteiger partial charge < -0.3 is 23.7 Å². The van der Waals surface area contributed by atoms with Crippen LogP contribution in [0.5, 0.6) is 11.5 Å². The monoisotopic (exact) mass is 513 g/mol. The largest absolute Gasteiger partial charge is 0.493 e. The number of nitrogens with zero attached hydrogens (tertiary/aromatic N) is 3. The summed E-state index contributed by atoms with van der Waals surface area (Å²) < 4.78 is 19.0. The van der Waals surface area contributed by atoms with Crippen LogP contribution in [0.15, 0.2) is 35.3 Å². The number of aromatic nitrogens is 1. The standard InChI is InChI=1S/C27H35N3O5S/c1-17-14-29(10-11-30(17)26(32)35-27(2,3)4)15-19-13-20-24(36-19)21(16-28(5)25(20)31)18-8-9-22(33-6)23(12-18)34-7/h8-9,12-13,16-17H,10-11,14-15H2,1-7H3/t17-/m0/s1. The third-order valence-corrected chi connectivity index (χ3v) is 7.47. The molecule has 0 spiro atoms. The first-order valence-corrected chi connectivity index (χ1v) is 12.9. The van der Waals surface area contributed by atoms with Gasteiger partial charge in [-0.25, -0.2) is 4.79 Å². The summed E-state index contributed by atoms with van der Waals surface area (Å²) in [6, 6.07) is 7.85. The van der Waals surface area contributed by atoms with E-state index in [1.54, 1.807) is 42.1 Å². The number of fused-ring (bicyclic) bond motifs is 1. The first-order chi connectivity index (χ1) is 17.0. The molecule has 0 saturated carbocycles. The van der Waals surface area contributed by atoms with Gasteiger partial charge in [0.25, 0.3) is 5.56 Å². The van der Waals surface area contributed by atoms with Gasteiger partial charge in [-0.1, -0.05) is 6.07 Å². The lowest BCUT2D eigenvalue weighted by atomic mass is 10.1. The Bertz CT molecular complexity index is 1320. The van der Waals surface area contributed by atoms with Crippen molar-refractivity contribution in [3.05, 3.63) is 45.7 Å². The van der Waals surface area contributed by atoms with E-state index < -0.39 is 5.60 Å². The third-order valence-electron chi connectivity index (χ3n) is 6.31. The number of carbonyl (C=O) groups is 1. The molecule has 1 saturated heterocycles. The highest BCUT2D eigenvalue weighted by molar-refractivity contribution is 7.19. The van der Waals surface area contributed by atoms with Gasteiger partial charge in [0, 0.05) is 60.6 Å². The maximum Gasteiger partial charge on any atom is 0.410 e. The highest BCUT2D eigenvalue weighted by atomic mass is 32.1. The quantitative estimate of drug-likeness (QED) is 0.491. The van der Waals surface area contributed by atoms with Gasteiger partial charge in [-0.05, 0) is 51.5 Å². The van der Waals surface area contributed by atoms with E-state index in [1.165, 1.54) is 0 Å². The Labute approximate surface area is 216 Å². The number of ether oxygens (including phenoxy) is 3. The molecule has 8 nitrogen and oxygen atoms in total. The molecule has 0 radical (unpaired) electrons. The number of hydrogen-bond acceptors (Lipinski definition) is 7. The number of aryl methyl sites for hydroxylation is 1. The fourth-order valence-electron chi connectivity index (χ4n) is 4.58. The number of piperazine rings is 1. The summed E-state index contributed by atoms with van der Waals surface area (Å²) in [5.41, 5.74) is 1.41. The van der Waals surface area contributed by atoms with E-state index in [9.17, 15) is 9.59 Å². The van der Waals surface area contributed by atoms with Gasteiger partial charge in [-0.15, -0.1) is 11.3 Å². The molecule has 0 aliphatic carbocycles. The van der Waals surface area contributed by atoms with Crippen molar-refractivity contribution in [3.8, 4) is 22.6 Å². The Morgan fingerprint density at radius 3 is 2.47 bits per heavy atom. The molecule has 194 valence electrons. The van der Waals surface area contributed by atoms with Gasteiger partial charge in [0.05, 0.1) is 19.6 Å². The van der Waals surface area contributed by atoms with Crippen molar-refractivity contribution >= 4 is 27.5 Å². The van der Waals surface area contributed by atoms with Crippen molar-refractivity contribution in [3.63, 3.8) is 0 Å². The van der Waals surface area contributed by atoms with Gasteiger partial charge in [0.2, 0.25) is 0 Å². The predicted octanol–water partition coefficient (Wildman–Crippen LogP) is 4.73. The average Bonchev–Trinajstić information content (AvgIpc) is 3.23. The zero-order valence-corrected chi connectivity index (χ0v) is 22.9. The van der Waals surface area contributed by atoms with Gasteiger partial charge in [0.1, 0.15) is 5.60 Å². The first-order valence-electron chi connectivity index (χ1n) is 12.1. The van der Waals surface area contributed by atoms with Crippen molar-refractivity contribution in [1.82, 2.24) is 14.4 Å². The van der Waals surface area contributed by atoms with Crippen molar-refractivity contribution in [1.29, 1.82) is 0 Å². The second kappa shape index (κ2) is 10.1. The van der Waals surface area contributed by atoms with E-state index in [1.807, 2.05) is 58.2 Å². The molecule has 1 aliphatic rings. The zero-order valence-electron chi connectivity index (χ0n) is 22.1. The molecule has 0 unspecified atom stereocenters. The summed E-state index contributed by atoms with van der Waals surface area (Å²) >= 11 is 1.64. The summed E-state index contributed by atoms with van der Waals surface area (Å²) in [4.78, 5) is 30.8. The molecule has 0 N–H and O–H groups in total. The van der Waals surface area contributed by atoms with E-state index in [4.69, 9.17) is 14.2 Å². The fraction of sp³-hybridized carbons (Fsp3) is 0.481. The molecule has 2 aromatic heterocycles. The van der Waals surface area contributed by atoms with E-state index in [2.05, 4.69) is 4.90 Å². The smallest absolute Gasteiger partial charge is 0.410 e. The van der Waals surface area contributed by atoms with Gasteiger partial charge >= 0.3 is 6.09 Å². The molecule has 1 aromatic carbocycles. The third kappa shape index (κ3) is 5.37. The number of benzene rings is 1. The van der Waals surface area contributed by atoms with Crippen LogP contribution in [-0.4, -0.2) is 66.0 Å². The predicted molar refractivity (Wildman–Crippen MR) is 143 cm³/mol. The molecule has 1 amide bonds. The number of thiophene rings is 1. The molecule has 1 atom stereocenters. The number of hydrogen-bond donors (Lipinski definition) is 0. The number of carbonyl (C=O) groups excluding carboxylic acids is 1. The number of methoxy groups -OCH3 is 2. The summed E-state index contributed by atoms with van der Waals surface area (Å²) in [5, 5.41) is 0.713. The lowest BCUT2D eigenvalue weighted by molar-refractivity contribution is 0.000668. The Kier molecular flexibility index (Phi) is 7.33. The summed E-state index contributed by atoms with van der Waals surface area (Å²) in [6.07, 6.45) is 1.62. The molecule has 1 fully saturated rings. The lowest BCUT2D eigenvalue weighted by Gasteiger charge is -2.40. The normalized spacial score (nSPS) is 16.9. The molecule has 0 bridgehead atoms. The van der Waals surface area contributed by atoms with Crippen LogP contribution in [0.3, 0.4) is 0 Å². The number of amides is 1. The van der Waals surface area contributed by atoms with Crippen LogP contribution >= 0.6 is 11.3 Å². The van der Waals surface area contributed by atoms with Crippen LogP contribution in [0.4, 0.5) is 4.79 Å². The Morgan fingerprint density at radius 2 is 1.83 bits per heavy atom. The minimum absolute atomic E-state index is 0.0140. The molecule has 9 heteroatoms. The lowest BCUT2D eigenvalue weighted by Crippen LogP contribution is -2.54. The molecule has 4 rings (SSSR count). The topological polar surface area (TPSA) is 73.2 Å². The second-order valence-corrected chi connectivity index (χ2v) is 11.4. The van der Waals surface area contributed by atoms with Crippen LogP contribution in [0, 0.1) is 0 Å². The van der Waals surface area contributed by atoms with Crippen molar-refractivity contribution in [2.75, 3.05) is 33.9 Å². The minimum Gasteiger partial charge on any atom is -0.493 e. The van der Waals surface area contributed by atoms with Crippen molar-refractivity contribution in [2.45, 2.75) is 45.9 Å². The highest BCUT2D eigenvalue weighted by Crippen LogP contribution is 2.38. The van der Waals surface area contributed by atoms with E-state index in [0.717, 1.165) is 40.3 Å². The molecule has 3 heterocycles. The Balaban J connectivity index is 1.59. The maximum atomic E-state index is 13.0. The van der Waals surface area contributed by atoms with E-state index in [0.29, 0.717) is 23.4 Å². The SMILES string of the molecule is COc1ccc(-c2cn(C)c(=O)c3cc(CN4CCN(C(=O)OC(C)(C)C)[C@@H](C)C4)sc23)cc1OC. The van der Waals surface area contributed by atoms with Gasteiger partial charge in [0.15, 0.2) is 11.5 Å². The summed E-state index contributed by atoms with van der Waals surface area (Å²) in [5.74, 6) is 1.31. The van der Waals surface area contributed by atoms with E-state index in [-0.39, 0.29) is 17.7 Å². The summed E-state index contributed by atoms with van der Waals surface area (Å²) in [6.45, 7) is 10.5. The number of rotatable bonds is 5. The van der Waals surface area contributed by atoms with Crippen molar-refractivity contribution < 1.29 is 19.0 Å². The van der Waals surface area contributed by atoms with Crippen molar-refractivity contribution in [2.24, 2.45) is 7.05 Å². The molecule has 36 heavy (non-hydrogen) atoms. The maximum absolute atomic E-state index is 13.0. The van der Waals surface area contributed by atoms with Crippen LogP contribution in [0.1, 0.15) is 32.6 Å². The summed E-state index contributed by atoms with van der Waals surface area (Å²) in [7, 11) is 5.01. The molecular weight excluding hydrogens is 478 g/mol. The first kappa shape index (κ1) is 26.0. The second-order valence-electron chi connectivity index (χ2n) is 10.2. The number of pyridine rings is 1. The zero-order chi connectivity index (χ0) is 26.2. The fourth-order valence-corrected chi connectivity index (χ4v) is 5.80. The van der Waals surface area contributed by atoms with Gasteiger partial charge in [-0.3, -0.25) is 9.69 Å². The Morgan fingerprint density at radius 1 is 1.11 bits per heavy atom. The molecular formula is C27H35N3O5S. The van der Waals surface area contributed by atoms with E-state index >= 15 is 0 Å². The van der Waals surface area contributed by atoms with Crippen LogP contribution in [0.25, 0.3) is 21.2 Å². The Hall–Kier alpha value is -3.04. The average molecular weight is 514 g/mol. The molecule has 1 aliphatic heterocycles. The highest BCUT2D eigenvalue weighted by Gasteiger charge is 2.31. The van der Waals surface area contributed by atoms with Crippen LogP contribution in [0.2, 0.25) is 0 Å².